The van der Waals surface area contributed by atoms with E-state index in [1.165, 1.54) is 19.2 Å². The fraction of sp³-hybridized carbons (Fsp3) is 0.500. The molecular formula is C22H22ClF4N3O5. The number of alkyl halides is 4. The van der Waals surface area contributed by atoms with Gasteiger partial charge in [-0.3, -0.25) is 9.74 Å². The minimum atomic E-state index is -4.80. The molecule has 0 N–H and O–H groups in total. The van der Waals surface area contributed by atoms with E-state index in [0.717, 1.165) is 7.05 Å². The van der Waals surface area contributed by atoms with Crippen molar-refractivity contribution in [2.75, 3.05) is 25.8 Å². The van der Waals surface area contributed by atoms with E-state index in [1.54, 1.807) is 0 Å². The van der Waals surface area contributed by atoms with Crippen molar-refractivity contribution in [1.29, 1.82) is 0 Å². The van der Waals surface area contributed by atoms with Gasteiger partial charge in [0, 0.05) is 24.1 Å². The van der Waals surface area contributed by atoms with Crippen LogP contribution in [0.25, 0.3) is 0 Å². The van der Waals surface area contributed by atoms with Crippen molar-refractivity contribution in [3.05, 3.63) is 40.1 Å². The van der Waals surface area contributed by atoms with Crippen LogP contribution >= 0.6 is 11.6 Å². The van der Waals surface area contributed by atoms with Gasteiger partial charge in [-0.15, -0.1) is 0 Å². The van der Waals surface area contributed by atoms with Crippen molar-refractivity contribution in [3.8, 4) is 0 Å². The number of urea groups is 1. The number of amides is 2. The zero-order valence-electron chi connectivity index (χ0n) is 19.0. The summed E-state index contributed by atoms with van der Waals surface area (Å²) < 4.78 is 58.9. The van der Waals surface area contributed by atoms with Crippen molar-refractivity contribution < 1.29 is 41.6 Å². The minimum absolute atomic E-state index is 0.0636. The Morgan fingerprint density at radius 2 is 2.06 bits per heavy atom. The summed E-state index contributed by atoms with van der Waals surface area (Å²) in [5.74, 6) is -1.35. The molecule has 0 bridgehead atoms. The van der Waals surface area contributed by atoms with Crippen molar-refractivity contribution in [3.63, 3.8) is 0 Å². The molecule has 13 heteroatoms. The maximum absolute atomic E-state index is 13.9. The fourth-order valence-corrected chi connectivity index (χ4v) is 5.13. The Hall–Kier alpha value is -2.86. The number of esters is 1. The molecule has 4 rings (SSSR count). The maximum Gasteiger partial charge on any atom is 0.431 e. The molecule has 0 saturated heterocycles. The van der Waals surface area contributed by atoms with Crippen molar-refractivity contribution >= 4 is 35.0 Å². The lowest BCUT2D eigenvalue weighted by atomic mass is 9.81. The van der Waals surface area contributed by atoms with Gasteiger partial charge >= 0.3 is 18.2 Å². The number of ether oxygens (including phenoxy) is 1. The van der Waals surface area contributed by atoms with Crippen LogP contribution < -0.4 is 5.06 Å². The van der Waals surface area contributed by atoms with Crippen LogP contribution in [0.5, 0.6) is 0 Å². The fourth-order valence-electron chi connectivity index (χ4n) is 4.84. The number of rotatable bonds is 4. The number of hydroxylamine groups is 1. The third kappa shape index (κ3) is 3.92. The Kier molecular flexibility index (Phi) is 6.47. The SMILES string of the molecule is COC(=O)C12ON=C(c3cc(N4OCC=C(C(F)(F)F)N(C)C4=O)c(CF)cc3Cl)C1CCC2C. The monoisotopic (exact) mass is 519 g/mol. The molecule has 3 unspecified atom stereocenters. The van der Waals surface area contributed by atoms with Crippen molar-refractivity contribution in [2.45, 2.75) is 38.2 Å². The third-order valence-corrected chi connectivity index (χ3v) is 6.98. The Morgan fingerprint density at radius 3 is 2.69 bits per heavy atom. The maximum atomic E-state index is 13.9. The number of oxime groups is 1. The number of benzene rings is 1. The number of hydrogen-bond acceptors (Lipinski definition) is 6. The normalized spacial score (nSPS) is 26.7. The van der Waals surface area contributed by atoms with Crippen LogP contribution in [0.15, 0.2) is 29.1 Å². The van der Waals surface area contributed by atoms with E-state index in [1.807, 2.05) is 6.92 Å². The molecule has 0 radical (unpaired) electrons. The second-order valence-corrected chi connectivity index (χ2v) is 8.90. The summed E-state index contributed by atoms with van der Waals surface area (Å²) in [7, 11) is 2.18. The average molecular weight is 520 g/mol. The highest BCUT2D eigenvalue weighted by molar-refractivity contribution is 6.35. The quantitative estimate of drug-likeness (QED) is 0.423. The molecule has 1 fully saturated rings. The van der Waals surface area contributed by atoms with Crippen molar-refractivity contribution in [2.24, 2.45) is 17.0 Å². The van der Waals surface area contributed by atoms with Crippen LogP contribution in [0.3, 0.4) is 0 Å². The Bertz CT molecular complexity index is 1130. The highest BCUT2D eigenvalue weighted by Gasteiger charge is 2.63. The largest absolute Gasteiger partial charge is 0.466 e. The van der Waals surface area contributed by atoms with Crippen LogP contribution in [0.1, 0.15) is 30.9 Å². The third-order valence-electron chi connectivity index (χ3n) is 6.67. The van der Waals surface area contributed by atoms with Gasteiger partial charge in [0.15, 0.2) is 0 Å². The molecule has 3 aliphatic rings. The molecule has 8 nitrogen and oxygen atoms in total. The number of allylic oxidation sites excluding steroid dienone is 1. The number of halogens is 5. The standard InChI is InChI=1S/C22H22ClF4N3O5/c1-11-4-5-14-18(28-35-21(11,14)19(31)33-3)13-9-16(12(10-24)8-15(13)23)30-20(32)29(2)17(6-7-34-30)22(25,26)27/h6,8-9,11,14H,4-5,7,10H2,1-3H3. The zero-order chi connectivity index (χ0) is 25.7. The van der Waals surface area contributed by atoms with E-state index in [2.05, 4.69) is 5.16 Å². The molecule has 1 aliphatic carbocycles. The zero-order valence-corrected chi connectivity index (χ0v) is 19.7. The smallest absolute Gasteiger partial charge is 0.431 e. The van der Waals surface area contributed by atoms with Gasteiger partial charge in [-0.1, -0.05) is 23.7 Å². The van der Waals surface area contributed by atoms with Gasteiger partial charge < -0.3 is 9.57 Å². The first-order chi connectivity index (χ1) is 16.5. The minimum Gasteiger partial charge on any atom is -0.466 e. The second kappa shape index (κ2) is 8.98. The summed E-state index contributed by atoms with van der Waals surface area (Å²) >= 11 is 6.43. The first kappa shape index (κ1) is 25.2. The summed E-state index contributed by atoms with van der Waals surface area (Å²) in [5.41, 5.74) is -2.28. The summed E-state index contributed by atoms with van der Waals surface area (Å²) in [6, 6.07) is 1.36. The average Bonchev–Trinajstić information content (AvgIpc) is 3.30. The number of carbonyl (C=O) groups excluding carboxylic acids is 2. The molecule has 0 aromatic heterocycles. The summed E-state index contributed by atoms with van der Waals surface area (Å²) in [5, 5.41) is 4.76. The lowest BCUT2D eigenvalue weighted by Crippen LogP contribution is -2.48. The molecule has 0 spiro atoms. The Labute approximate surface area is 203 Å². The number of methoxy groups -OCH3 is 1. The predicted molar refractivity (Wildman–Crippen MR) is 116 cm³/mol. The number of carbonyl (C=O) groups is 2. The van der Waals surface area contributed by atoms with Gasteiger partial charge in [-0.2, -0.15) is 18.2 Å². The van der Waals surface area contributed by atoms with Gasteiger partial charge in [0.25, 0.3) is 0 Å². The molecule has 1 aromatic carbocycles. The number of hydrogen-bond donors (Lipinski definition) is 0. The van der Waals surface area contributed by atoms with Crippen LogP contribution in [-0.4, -0.2) is 55.2 Å². The van der Waals surface area contributed by atoms with E-state index in [-0.39, 0.29) is 27.8 Å². The lowest BCUT2D eigenvalue weighted by Gasteiger charge is -2.29. The first-order valence-electron chi connectivity index (χ1n) is 10.7. The van der Waals surface area contributed by atoms with E-state index in [4.69, 9.17) is 26.0 Å². The molecular weight excluding hydrogens is 498 g/mol. The van der Waals surface area contributed by atoms with Crippen LogP contribution in [0.4, 0.5) is 28.0 Å². The van der Waals surface area contributed by atoms with Crippen molar-refractivity contribution in [1.82, 2.24) is 4.90 Å². The van der Waals surface area contributed by atoms with Crippen LogP contribution in [-0.2, 0) is 25.9 Å². The summed E-state index contributed by atoms with van der Waals surface area (Å²) in [6.45, 7) is 0.158. The van der Waals surface area contributed by atoms with Gasteiger partial charge in [0.1, 0.15) is 12.4 Å². The predicted octanol–water partition coefficient (Wildman–Crippen LogP) is 4.75. The molecule has 2 heterocycles. The Balaban J connectivity index is 1.76. The first-order valence-corrected chi connectivity index (χ1v) is 11.1. The summed E-state index contributed by atoms with van der Waals surface area (Å²) in [4.78, 5) is 36.9. The van der Waals surface area contributed by atoms with E-state index < -0.39 is 48.7 Å². The summed E-state index contributed by atoms with van der Waals surface area (Å²) in [6.07, 6.45) is -2.93. The van der Waals surface area contributed by atoms with Crippen LogP contribution in [0.2, 0.25) is 5.02 Å². The van der Waals surface area contributed by atoms with Gasteiger partial charge in [0.2, 0.25) is 5.60 Å². The number of fused-ring (bicyclic) bond motifs is 1. The molecule has 190 valence electrons. The second-order valence-electron chi connectivity index (χ2n) is 8.50. The number of nitrogens with zero attached hydrogens (tertiary/aromatic N) is 3. The Morgan fingerprint density at radius 1 is 1.34 bits per heavy atom. The van der Waals surface area contributed by atoms with Gasteiger partial charge in [0.05, 0.1) is 36.1 Å². The van der Waals surface area contributed by atoms with Gasteiger partial charge in [-0.25, -0.2) is 14.0 Å². The molecule has 2 aliphatic heterocycles. The molecule has 2 amide bonds. The molecule has 35 heavy (non-hydrogen) atoms. The highest BCUT2D eigenvalue weighted by atomic mass is 35.5. The van der Waals surface area contributed by atoms with E-state index in [9.17, 15) is 27.2 Å². The van der Waals surface area contributed by atoms with Gasteiger partial charge in [-0.05, 0) is 31.1 Å². The van der Waals surface area contributed by atoms with E-state index >= 15 is 0 Å². The number of anilines is 1. The van der Waals surface area contributed by atoms with E-state index in [0.29, 0.717) is 34.6 Å². The molecule has 3 atom stereocenters. The van der Waals surface area contributed by atoms with Crippen LogP contribution in [0, 0.1) is 11.8 Å². The lowest BCUT2D eigenvalue weighted by molar-refractivity contribution is -0.174. The molecule has 1 saturated carbocycles. The topological polar surface area (TPSA) is 80.7 Å². The highest BCUT2D eigenvalue weighted by Crippen LogP contribution is 2.50. The molecule has 1 aromatic rings.